The van der Waals surface area contributed by atoms with Gasteiger partial charge in [-0.05, 0) is 102 Å². The lowest BCUT2D eigenvalue weighted by molar-refractivity contribution is 1.29. The van der Waals surface area contributed by atoms with Gasteiger partial charge in [0.15, 0.2) is 0 Å². The monoisotopic (exact) mass is 649 g/mol. The molecule has 9 aromatic rings. The van der Waals surface area contributed by atoms with Crippen LogP contribution >= 0.6 is 0 Å². The molecule has 0 spiro atoms. The summed E-state index contributed by atoms with van der Waals surface area (Å²) in [7, 11) is 0. The van der Waals surface area contributed by atoms with E-state index in [-0.39, 0.29) is 0 Å². The number of rotatable bonds is 7. The van der Waals surface area contributed by atoms with Gasteiger partial charge in [0.25, 0.3) is 0 Å². The lowest BCUT2D eigenvalue weighted by atomic mass is 9.87. The molecule has 9 aromatic carbocycles. The molecule has 0 radical (unpaired) electrons. The van der Waals surface area contributed by atoms with Gasteiger partial charge in [-0.15, -0.1) is 0 Å². The van der Waals surface area contributed by atoms with Gasteiger partial charge in [-0.1, -0.05) is 176 Å². The molecule has 0 saturated heterocycles. The second kappa shape index (κ2) is 13.3. The standard InChI is InChI=1S/C50H35N/c1-2-16-38(17-3-1)45-20-8-10-22-47(45)49-24-12-13-25-50(49)48-23-11-9-21-46(48)39-28-30-42(31-29-39)51(43-32-26-36-14-4-6-18-40(36)34-43)44-33-27-37-15-5-7-19-41(37)35-44/h1-35H. The minimum atomic E-state index is 1.11. The highest BCUT2D eigenvalue weighted by Gasteiger charge is 2.17. The molecule has 240 valence electrons. The van der Waals surface area contributed by atoms with E-state index in [9.17, 15) is 0 Å². The molecule has 0 aliphatic heterocycles. The molecular formula is C50H35N. The lowest BCUT2D eigenvalue weighted by Crippen LogP contribution is -2.09. The molecule has 0 aromatic heterocycles. The highest BCUT2D eigenvalue weighted by atomic mass is 15.1. The molecule has 1 nitrogen and oxygen atoms in total. The Morgan fingerprint density at radius 2 is 0.549 bits per heavy atom. The van der Waals surface area contributed by atoms with Crippen LogP contribution in [0.15, 0.2) is 212 Å². The van der Waals surface area contributed by atoms with Crippen LogP contribution in [0.2, 0.25) is 0 Å². The molecule has 0 bridgehead atoms. The Hall–Kier alpha value is -6.70. The van der Waals surface area contributed by atoms with E-state index in [0.29, 0.717) is 0 Å². The van der Waals surface area contributed by atoms with Crippen LogP contribution < -0.4 is 4.90 Å². The van der Waals surface area contributed by atoms with Crippen LogP contribution in [0.5, 0.6) is 0 Å². The molecule has 0 aliphatic rings. The van der Waals surface area contributed by atoms with Gasteiger partial charge in [0.05, 0.1) is 0 Å². The molecule has 9 rings (SSSR count). The van der Waals surface area contributed by atoms with Crippen molar-refractivity contribution < 1.29 is 0 Å². The third-order valence-corrected chi connectivity index (χ3v) is 9.87. The molecule has 0 unspecified atom stereocenters. The fourth-order valence-corrected chi connectivity index (χ4v) is 7.38. The Kier molecular flexibility index (Phi) is 7.92. The first-order chi connectivity index (χ1) is 25.3. The number of hydrogen-bond acceptors (Lipinski definition) is 1. The third-order valence-electron chi connectivity index (χ3n) is 9.87. The molecule has 1 heteroatoms. The summed E-state index contributed by atoms with van der Waals surface area (Å²) in [6.07, 6.45) is 0. The normalized spacial score (nSPS) is 11.1. The summed E-state index contributed by atoms with van der Waals surface area (Å²) in [6.45, 7) is 0. The Labute approximate surface area is 299 Å². The summed E-state index contributed by atoms with van der Waals surface area (Å²) < 4.78 is 0. The maximum Gasteiger partial charge on any atom is 0.0468 e. The minimum absolute atomic E-state index is 1.11. The molecular weight excluding hydrogens is 615 g/mol. The van der Waals surface area contributed by atoms with Crippen molar-refractivity contribution in [3.05, 3.63) is 212 Å². The largest absolute Gasteiger partial charge is 0.310 e. The van der Waals surface area contributed by atoms with E-state index in [2.05, 4.69) is 217 Å². The lowest BCUT2D eigenvalue weighted by Gasteiger charge is -2.26. The zero-order chi connectivity index (χ0) is 34.0. The van der Waals surface area contributed by atoms with E-state index in [1.807, 2.05) is 0 Å². The van der Waals surface area contributed by atoms with Crippen molar-refractivity contribution in [2.75, 3.05) is 4.90 Å². The molecule has 0 amide bonds. The van der Waals surface area contributed by atoms with E-state index < -0.39 is 0 Å². The topological polar surface area (TPSA) is 3.24 Å². The van der Waals surface area contributed by atoms with Gasteiger partial charge in [-0.3, -0.25) is 0 Å². The van der Waals surface area contributed by atoms with Crippen LogP contribution in [-0.4, -0.2) is 0 Å². The van der Waals surface area contributed by atoms with Gasteiger partial charge in [-0.25, -0.2) is 0 Å². The van der Waals surface area contributed by atoms with Crippen molar-refractivity contribution in [1.29, 1.82) is 0 Å². The Morgan fingerprint density at radius 3 is 1.02 bits per heavy atom. The molecule has 0 aliphatic carbocycles. The van der Waals surface area contributed by atoms with E-state index in [1.54, 1.807) is 0 Å². The molecule has 0 saturated carbocycles. The summed E-state index contributed by atoms with van der Waals surface area (Å²) in [5, 5.41) is 4.91. The average molecular weight is 650 g/mol. The molecule has 0 N–H and O–H groups in total. The van der Waals surface area contributed by atoms with Crippen LogP contribution in [0.3, 0.4) is 0 Å². The number of hydrogen-bond donors (Lipinski definition) is 0. The Bertz CT molecular complexity index is 2560. The predicted octanol–water partition coefficient (Wildman–Crippen LogP) is 14.1. The van der Waals surface area contributed by atoms with Crippen molar-refractivity contribution in [2.45, 2.75) is 0 Å². The number of nitrogens with zero attached hydrogens (tertiary/aromatic N) is 1. The molecule has 0 fully saturated rings. The molecule has 51 heavy (non-hydrogen) atoms. The minimum Gasteiger partial charge on any atom is -0.310 e. The summed E-state index contributed by atoms with van der Waals surface area (Å²) >= 11 is 0. The van der Waals surface area contributed by atoms with Crippen molar-refractivity contribution in [3.63, 3.8) is 0 Å². The maximum absolute atomic E-state index is 2.37. The van der Waals surface area contributed by atoms with Gasteiger partial charge in [0.2, 0.25) is 0 Å². The zero-order valence-electron chi connectivity index (χ0n) is 28.2. The first kappa shape index (κ1) is 30.4. The summed E-state index contributed by atoms with van der Waals surface area (Å²) in [5.41, 5.74) is 13.1. The fraction of sp³-hybridized carbons (Fsp3) is 0. The predicted molar refractivity (Wildman–Crippen MR) is 218 cm³/mol. The summed E-state index contributed by atoms with van der Waals surface area (Å²) in [6, 6.07) is 76.6. The van der Waals surface area contributed by atoms with E-state index in [1.165, 1.54) is 66.1 Å². The third kappa shape index (κ3) is 5.86. The fourth-order valence-electron chi connectivity index (χ4n) is 7.38. The summed E-state index contributed by atoms with van der Waals surface area (Å²) in [5.74, 6) is 0. The van der Waals surface area contributed by atoms with Gasteiger partial charge in [0.1, 0.15) is 0 Å². The number of fused-ring (bicyclic) bond motifs is 2. The van der Waals surface area contributed by atoms with Crippen LogP contribution in [0.1, 0.15) is 0 Å². The van der Waals surface area contributed by atoms with Crippen LogP contribution in [-0.2, 0) is 0 Å². The average Bonchev–Trinajstić information content (AvgIpc) is 3.21. The van der Waals surface area contributed by atoms with E-state index in [4.69, 9.17) is 0 Å². The van der Waals surface area contributed by atoms with Crippen LogP contribution in [0.25, 0.3) is 66.1 Å². The Morgan fingerprint density at radius 1 is 0.216 bits per heavy atom. The second-order valence-electron chi connectivity index (χ2n) is 12.9. The molecule has 0 heterocycles. The number of anilines is 3. The quantitative estimate of drug-likeness (QED) is 0.166. The van der Waals surface area contributed by atoms with Crippen LogP contribution in [0.4, 0.5) is 17.1 Å². The molecule has 0 atom stereocenters. The van der Waals surface area contributed by atoms with Gasteiger partial charge in [0, 0.05) is 17.1 Å². The van der Waals surface area contributed by atoms with Gasteiger partial charge >= 0.3 is 0 Å². The SMILES string of the molecule is c1ccc(-c2ccccc2-c2ccccc2-c2ccccc2-c2ccc(N(c3ccc4ccccc4c3)c3ccc4ccccc4c3)cc2)cc1. The zero-order valence-corrected chi connectivity index (χ0v) is 28.2. The smallest absolute Gasteiger partial charge is 0.0468 e. The Balaban J connectivity index is 1.14. The first-order valence-electron chi connectivity index (χ1n) is 17.5. The second-order valence-corrected chi connectivity index (χ2v) is 12.9. The maximum atomic E-state index is 2.37. The first-order valence-corrected chi connectivity index (χ1v) is 17.5. The summed E-state index contributed by atoms with van der Waals surface area (Å²) in [4.78, 5) is 2.37. The van der Waals surface area contributed by atoms with E-state index in [0.717, 1.165) is 17.1 Å². The van der Waals surface area contributed by atoms with Crippen molar-refractivity contribution in [3.8, 4) is 44.5 Å². The van der Waals surface area contributed by atoms with Crippen molar-refractivity contribution >= 4 is 38.6 Å². The van der Waals surface area contributed by atoms with Gasteiger partial charge < -0.3 is 4.90 Å². The van der Waals surface area contributed by atoms with Crippen molar-refractivity contribution in [1.82, 2.24) is 0 Å². The highest BCUT2D eigenvalue weighted by molar-refractivity contribution is 5.97. The number of benzene rings is 9. The van der Waals surface area contributed by atoms with Crippen LogP contribution in [0, 0.1) is 0 Å². The van der Waals surface area contributed by atoms with E-state index >= 15 is 0 Å². The van der Waals surface area contributed by atoms with Crippen molar-refractivity contribution in [2.24, 2.45) is 0 Å². The highest BCUT2D eigenvalue weighted by Crippen LogP contribution is 2.43. The van der Waals surface area contributed by atoms with Gasteiger partial charge in [-0.2, -0.15) is 0 Å².